The van der Waals surface area contributed by atoms with E-state index in [9.17, 15) is 0 Å². The molecule has 4 nitrogen and oxygen atoms in total. The summed E-state index contributed by atoms with van der Waals surface area (Å²) in [6, 6.07) is 3.80. The molecule has 2 rings (SSSR count). The van der Waals surface area contributed by atoms with Gasteiger partial charge in [-0.25, -0.2) is 4.98 Å². The van der Waals surface area contributed by atoms with Crippen molar-refractivity contribution in [1.29, 1.82) is 0 Å². The number of rotatable bonds is 1. The van der Waals surface area contributed by atoms with E-state index in [0.29, 0.717) is 23.5 Å². The highest BCUT2D eigenvalue weighted by Crippen LogP contribution is 2.22. The first-order valence-corrected chi connectivity index (χ1v) is 5.32. The number of anilines is 2. The number of nitrogens with zero attached hydrogens (tertiary/aromatic N) is 2. The van der Waals surface area contributed by atoms with E-state index in [4.69, 9.17) is 22.1 Å². The molecule has 0 bridgehead atoms. The monoisotopic (exact) mass is 227 g/mol. The summed E-state index contributed by atoms with van der Waals surface area (Å²) in [4.78, 5) is 6.42. The van der Waals surface area contributed by atoms with Crippen LogP contribution in [0.1, 0.15) is 6.92 Å². The van der Waals surface area contributed by atoms with E-state index >= 15 is 0 Å². The molecule has 1 aromatic heterocycles. The molecule has 1 saturated heterocycles. The summed E-state index contributed by atoms with van der Waals surface area (Å²) in [6.45, 7) is 4.36. The minimum atomic E-state index is 0.309. The number of nitrogens with two attached hydrogens (primary N) is 1. The molecular formula is C10H14ClN3O. The Labute approximate surface area is 94.0 Å². The smallest absolute Gasteiger partial charge is 0.133 e. The van der Waals surface area contributed by atoms with E-state index in [-0.39, 0.29) is 0 Å². The first-order valence-electron chi connectivity index (χ1n) is 4.94. The van der Waals surface area contributed by atoms with Crippen LogP contribution < -0.4 is 10.6 Å². The topological polar surface area (TPSA) is 51.4 Å². The van der Waals surface area contributed by atoms with Gasteiger partial charge in [-0.15, -0.1) is 0 Å². The molecule has 0 saturated carbocycles. The lowest BCUT2D eigenvalue weighted by molar-refractivity contribution is 0.0985. The fourth-order valence-corrected chi connectivity index (χ4v) is 1.93. The molecule has 0 radical (unpaired) electrons. The summed E-state index contributed by atoms with van der Waals surface area (Å²) >= 11 is 5.87. The molecule has 2 N–H and O–H groups in total. The van der Waals surface area contributed by atoms with Gasteiger partial charge in [0.15, 0.2) is 0 Å². The average Bonchev–Trinajstić information content (AvgIpc) is 2.16. The normalized spacial score (nSPS) is 21.7. The number of hydrogen-bond donors (Lipinski definition) is 1. The van der Waals surface area contributed by atoms with Crippen LogP contribution in [0, 0.1) is 0 Å². The predicted octanol–water partition coefficient (Wildman–Crippen LogP) is 1.54. The molecule has 1 unspecified atom stereocenters. The molecule has 0 spiro atoms. The Balaban J connectivity index is 2.27. The van der Waals surface area contributed by atoms with Gasteiger partial charge in [-0.2, -0.15) is 0 Å². The number of ether oxygens (including phenoxy) is 1. The predicted molar refractivity (Wildman–Crippen MR) is 61.3 cm³/mol. The Morgan fingerprint density at radius 2 is 2.40 bits per heavy atom. The van der Waals surface area contributed by atoms with Gasteiger partial charge in [0.25, 0.3) is 0 Å². The molecule has 0 amide bonds. The van der Waals surface area contributed by atoms with Gasteiger partial charge in [0.1, 0.15) is 11.0 Å². The maximum Gasteiger partial charge on any atom is 0.133 e. The fourth-order valence-electron chi connectivity index (χ4n) is 1.72. The molecule has 0 aliphatic carbocycles. The highest BCUT2D eigenvalue weighted by Gasteiger charge is 2.20. The van der Waals surface area contributed by atoms with Crippen molar-refractivity contribution in [1.82, 2.24) is 4.98 Å². The number of hydrogen-bond acceptors (Lipinski definition) is 4. The van der Waals surface area contributed by atoms with Crippen molar-refractivity contribution in [2.75, 3.05) is 30.4 Å². The first kappa shape index (κ1) is 10.5. The lowest BCUT2D eigenvalue weighted by Crippen LogP contribution is -2.44. The highest BCUT2D eigenvalue weighted by atomic mass is 35.5. The van der Waals surface area contributed by atoms with E-state index in [1.54, 1.807) is 6.07 Å². The van der Waals surface area contributed by atoms with Crippen LogP contribution >= 0.6 is 11.6 Å². The second-order valence-electron chi connectivity index (χ2n) is 3.70. The van der Waals surface area contributed by atoms with Gasteiger partial charge in [-0.05, 0) is 13.0 Å². The molecule has 82 valence electrons. The van der Waals surface area contributed by atoms with Crippen LogP contribution in [-0.2, 0) is 4.74 Å². The third-order valence-corrected chi connectivity index (χ3v) is 2.66. The number of halogens is 1. The molecule has 1 aromatic rings. The lowest BCUT2D eigenvalue weighted by atomic mass is 10.2. The minimum Gasteiger partial charge on any atom is -0.399 e. The van der Waals surface area contributed by atoms with E-state index < -0.39 is 0 Å². The van der Waals surface area contributed by atoms with Crippen molar-refractivity contribution in [3.05, 3.63) is 17.3 Å². The summed E-state index contributed by atoms with van der Waals surface area (Å²) in [7, 11) is 0. The summed E-state index contributed by atoms with van der Waals surface area (Å²) in [5, 5.41) is 0.434. The van der Waals surface area contributed by atoms with Crippen LogP contribution in [-0.4, -0.2) is 30.8 Å². The first-order chi connectivity index (χ1) is 7.16. The quantitative estimate of drug-likeness (QED) is 0.740. The Morgan fingerprint density at radius 3 is 3.07 bits per heavy atom. The third kappa shape index (κ3) is 2.33. The Bertz CT molecular complexity index is 338. The zero-order chi connectivity index (χ0) is 10.8. The van der Waals surface area contributed by atoms with Gasteiger partial charge >= 0.3 is 0 Å². The van der Waals surface area contributed by atoms with E-state index in [1.165, 1.54) is 0 Å². The molecule has 1 aliphatic heterocycles. The van der Waals surface area contributed by atoms with Gasteiger partial charge in [0, 0.05) is 18.3 Å². The van der Waals surface area contributed by atoms with E-state index in [0.717, 1.165) is 19.0 Å². The van der Waals surface area contributed by atoms with Gasteiger partial charge in [0.05, 0.1) is 19.3 Å². The number of aromatic nitrogens is 1. The van der Waals surface area contributed by atoms with Crippen molar-refractivity contribution in [2.24, 2.45) is 0 Å². The van der Waals surface area contributed by atoms with Crippen molar-refractivity contribution >= 4 is 23.1 Å². The zero-order valence-corrected chi connectivity index (χ0v) is 9.37. The largest absolute Gasteiger partial charge is 0.399 e. The van der Waals surface area contributed by atoms with Crippen LogP contribution in [0.15, 0.2) is 12.1 Å². The summed E-state index contributed by atoms with van der Waals surface area (Å²) in [5.41, 5.74) is 6.37. The molecule has 0 aromatic carbocycles. The Kier molecular flexibility index (Phi) is 2.98. The molecule has 2 heterocycles. The maximum absolute atomic E-state index is 5.87. The Hall–Kier alpha value is -1.00. The van der Waals surface area contributed by atoms with Crippen LogP contribution in [0.3, 0.4) is 0 Å². The van der Waals surface area contributed by atoms with Gasteiger partial charge in [0.2, 0.25) is 0 Å². The number of nitrogen functional groups attached to an aromatic ring is 1. The van der Waals surface area contributed by atoms with Crippen molar-refractivity contribution < 1.29 is 4.74 Å². The van der Waals surface area contributed by atoms with E-state index in [1.807, 2.05) is 6.07 Å². The van der Waals surface area contributed by atoms with Crippen LogP contribution in [0.25, 0.3) is 0 Å². The van der Waals surface area contributed by atoms with Crippen molar-refractivity contribution in [2.45, 2.75) is 13.0 Å². The van der Waals surface area contributed by atoms with Crippen LogP contribution in [0.2, 0.25) is 5.15 Å². The van der Waals surface area contributed by atoms with Crippen molar-refractivity contribution in [3.63, 3.8) is 0 Å². The second kappa shape index (κ2) is 4.24. The zero-order valence-electron chi connectivity index (χ0n) is 8.61. The molecule has 5 heteroatoms. The third-order valence-electron chi connectivity index (χ3n) is 2.46. The molecular weight excluding hydrogens is 214 g/mol. The van der Waals surface area contributed by atoms with Gasteiger partial charge in [-0.1, -0.05) is 11.6 Å². The summed E-state index contributed by atoms with van der Waals surface area (Å²) in [6.07, 6.45) is 0. The van der Waals surface area contributed by atoms with Gasteiger partial charge < -0.3 is 15.4 Å². The number of morpholine rings is 1. The highest BCUT2D eigenvalue weighted by molar-refractivity contribution is 6.29. The molecule has 15 heavy (non-hydrogen) atoms. The Morgan fingerprint density at radius 1 is 1.60 bits per heavy atom. The summed E-state index contributed by atoms with van der Waals surface area (Å²) < 4.78 is 5.36. The minimum absolute atomic E-state index is 0.309. The van der Waals surface area contributed by atoms with Gasteiger partial charge in [-0.3, -0.25) is 0 Å². The van der Waals surface area contributed by atoms with Crippen LogP contribution in [0.5, 0.6) is 0 Å². The fraction of sp³-hybridized carbons (Fsp3) is 0.500. The lowest BCUT2D eigenvalue weighted by Gasteiger charge is -2.34. The average molecular weight is 228 g/mol. The van der Waals surface area contributed by atoms with Crippen molar-refractivity contribution in [3.8, 4) is 0 Å². The van der Waals surface area contributed by atoms with E-state index in [2.05, 4.69) is 16.8 Å². The molecule has 1 atom stereocenters. The SMILES string of the molecule is CC1COCCN1c1cc(N)cc(Cl)n1. The maximum atomic E-state index is 5.87. The molecule has 1 aliphatic rings. The van der Waals surface area contributed by atoms with Crippen LogP contribution in [0.4, 0.5) is 11.5 Å². The standard InChI is InChI=1S/C10H14ClN3O/c1-7-6-15-3-2-14(7)10-5-8(12)4-9(11)13-10/h4-5,7H,2-3,6H2,1H3,(H2,12,13). The second-order valence-corrected chi connectivity index (χ2v) is 4.09. The summed E-state index contributed by atoms with van der Waals surface area (Å²) in [5.74, 6) is 0.829. The molecule has 1 fully saturated rings. The number of pyridine rings is 1.